The fourth-order valence-corrected chi connectivity index (χ4v) is 5.83. The lowest BCUT2D eigenvalue weighted by atomic mass is 10.0. The van der Waals surface area contributed by atoms with Crippen LogP contribution in [-0.4, -0.2) is 72.6 Å². The maximum atomic E-state index is 13.7. The lowest BCUT2D eigenvalue weighted by Crippen LogP contribution is -2.35. The highest BCUT2D eigenvalue weighted by Gasteiger charge is 2.34. The fourth-order valence-electron chi connectivity index (χ4n) is 4.30. The average molecular weight is 568 g/mol. The van der Waals surface area contributed by atoms with Gasteiger partial charge in [0.05, 0.1) is 22.4 Å². The highest BCUT2D eigenvalue weighted by molar-refractivity contribution is 7.93. The summed E-state index contributed by atoms with van der Waals surface area (Å²) in [6.07, 6.45) is -0.738. The molecule has 1 aromatic carbocycles. The van der Waals surface area contributed by atoms with Gasteiger partial charge in [-0.3, -0.25) is 4.90 Å². The number of aromatic nitrogens is 1. The third kappa shape index (κ3) is 7.09. The second-order valence-electron chi connectivity index (χ2n) is 9.22. The van der Waals surface area contributed by atoms with E-state index in [9.17, 15) is 37.0 Å². The molecule has 10 nitrogen and oxygen atoms in total. The summed E-state index contributed by atoms with van der Waals surface area (Å²) in [5.74, 6) is -4.45. The number of carbonyl (C=O) groups is 2. The molecule has 212 valence electrons. The topological polar surface area (TPSA) is 137 Å². The highest BCUT2D eigenvalue weighted by Crippen LogP contribution is 2.33. The van der Waals surface area contributed by atoms with Crippen LogP contribution in [-0.2, 0) is 19.6 Å². The minimum Gasteiger partial charge on any atom is -0.478 e. The molecule has 0 radical (unpaired) electrons. The molecule has 0 amide bonds. The van der Waals surface area contributed by atoms with Crippen molar-refractivity contribution in [3.63, 3.8) is 0 Å². The third-order valence-electron chi connectivity index (χ3n) is 6.33. The van der Waals surface area contributed by atoms with Gasteiger partial charge >= 0.3 is 11.9 Å². The van der Waals surface area contributed by atoms with Gasteiger partial charge in [-0.05, 0) is 50.1 Å². The lowest BCUT2D eigenvalue weighted by Gasteiger charge is -2.26. The number of aliphatic carboxylic acids is 2. The number of alkyl halides is 2. The maximum absolute atomic E-state index is 13.7. The number of halogens is 2. The van der Waals surface area contributed by atoms with Gasteiger partial charge in [-0.1, -0.05) is 26.0 Å². The molecule has 3 rings (SSSR count). The van der Waals surface area contributed by atoms with Crippen LogP contribution in [0.2, 0.25) is 0 Å². The Morgan fingerprint density at radius 2 is 1.87 bits per heavy atom. The third-order valence-corrected chi connectivity index (χ3v) is 8.07. The van der Waals surface area contributed by atoms with Crippen molar-refractivity contribution in [2.75, 3.05) is 23.9 Å². The standard InChI is InChI=1S/C26H31F2N3O7S/c1-4-12-30-13-11-19(15-30)38-23-10-9-21(17(3)29-23)31(22(26(34)35)14-24(32)33)39(36,37)20-7-5-18(6-8-20)16(2)25(27)28/h5-10,14,16,19,25H,4,11-13,15H2,1-3H3,(H,32,33)(H,34,35)/b22-14-/t16-,19?/m0/s1. The van der Waals surface area contributed by atoms with E-state index in [1.807, 2.05) is 0 Å². The Hall–Kier alpha value is -3.58. The van der Waals surface area contributed by atoms with E-state index in [1.54, 1.807) is 0 Å². The molecule has 2 aromatic rings. The molecule has 2 atom stereocenters. The number of anilines is 1. The van der Waals surface area contributed by atoms with Crippen molar-refractivity contribution in [1.82, 2.24) is 9.88 Å². The van der Waals surface area contributed by atoms with Crippen LogP contribution in [0.25, 0.3) is 0 Å². The number of benzene rings is 1. The van der Waals surface area contributed by atoms with Gasteiger partial charge in [0.1, 0.15) is 11.8 Å². The number of pyridine rings is 1. The van der Waals surface area contributed by atoms with Crippen LogP contribution in [0.15, 0.2) is 53.1 Å². The summed E-state index contributed by atoms with van der Waals surface area (Å²) in [6.45, 7) is 7.33. The van der Waals surface area contributed by atoms with Gasteiger partial charge in [-0.15, -0.1) is 0 Å². The van der Waals surface area contributed by atoms with Crippen LogP contribution < -0.4 is 9.04 Å². The van der Waals surface area contributed by atoms with E-state index in [2.05, 4.69) is 16.8 Å². The Morgan fingerprint density at radius 1 is 1.21 bits per heavy atom. The second-order valence-corrected chi connectivity index (χ2v) is 11.0. The van der Waals surface area contributed by atoms with E-state index in [0.717, 1.165) is 38.1 Å². The van der Waals surface area contributed by atoms with Crippen molar-refractivity contribution in [3.8, 4) is 5.88 Å². The zero-order valence-electron chi connectivity index (χ0n) is 21.8. The van der Waals surface area contributed by atoms with Gasteiger partial charge in [-0.25, -0.2) is 36.1 Å². The molecule has 1 saturated heterocycles. The highest BCUT2D eigenvalue weighted by atomic mass is 32.2. The number of hydrogen-bond donors (Lipinski definition) is 2. The second kappa shape index (κ2) is 12.5. The molecular formula is C26H31F2N3O7S. The number of rotatable bonds is 12. The molecule has 0 saturated carbocycles. The minimum absolute atomic E-state index is 0.0694. The van der Waals surface area contributed by atoms with E-state index in [1.165, 1.54) is 38.1 Å². The zero-order chi connectivity index (χ0) is 28.9. The summed E-state index contributed by atoms with van der Waals surface area (Å²) in [6, 6.07) is 7.22. The predicted molar refractivity (Wildman–Crippen MR) is 139 cm³/mol. The number of nitrogens with zero attached hydrogens (tertiary/aromatic N) is 3. The number of carboxylic acids is 2. The smallest absolute Gasteiger partial charge is 0.353 e. The van der Waals surface area contributed by atoms with E-state index >= 15 is 0 Å². The van der Waals surface area contributed by atoms with E-state index < -0.39 is 44.9 Å². The molecule has 1 aliphatic heterocycles. The summed E-state index contributed by atoms with van der Waals surface area (Å²) in [4.78, 5) is 29.6. The van der Waals surface area contributed by atoms with Crippen LogP contribution in [0.5, 0.6) is 5.88 Å². The molecule has 1 aromatic heterocycles. The Labute approximate surface area is 225 Å². The predicted octanol–water partition coefficient (Wildman–Crippen LogP) is 3.87. The fraction of sp³-hybridized carbons (Fsp3) is 0.423. The molecule has 1 fully saturated rings. The molecule has 0 spiro atoms. The van der Waals surface area contributed by atoms with Gasteiger partial charge in [0.15, 0.2) is 0 Å². The van der Waals surface area contributed by atoms with Gasteiger partial charge in [0.25, 0.3) is 10.0 Å². The van der Waals surface area contributed by atoms with Crippen LogP contribution in [0.3, 0.4) is 0 Å². The van der Waals surface area contributed by atoms with Crippen molar-refractivity contribution in [2.24, 2.45) is 0 Å². The maximum Gasteiger partial charge on any atom is 0.353 e. The molecule has 0 aliphatic carbocycles. The molecule has 2 N–H and O–H groups in total. The van der Waals surface area contributed by atoms with E-state index in [0.29, 0.717) is 10.8 Å². The van der Waals surface area contributed by atoms with Gasteiger partial charge in [-0.2, -0.15) is 0 Å². The van der Waals surface area contributed by atoms with Crippen molar-refractivity contribution in [1.29, 1.82) is 0 Å². The van der Waals surface area contributed by atoms with Gasteiger partial charge in [0.2, 0.25) is 12.3 Å². The SMILES string of the molecule is CCCN1CCC(Oc2ccc(N(/C(=C\C(=O)O)C(=O)O)S(=O)(=O)c3ccc([C@H](C)C(F)F)cc3)c(C)n2)C1. The summed E-state index contributed by atoms with van der Waals surface area (Å²) in [7, 11) is -4.73. The summed E-state index contributed by atoms with van der Waals surface area (Å²) in [5, 5.41) is 19.0. The van der Waals surface area contributed by atoms with Crippen LogP contribution in [0, 0.1) is 6.92 Å². The van der Waals surface area contributed by atoms with Crippen molar-refractivity contribution >= 4 is 27.6 Å². The Morgan fingerprint density at radius 3 is 2.41 bits per heavy atom. The van der Waals surface area contributed by atoms with Crippen molar-refractivity contribution < 1.29 is 41.7 Å². The van der Waals surface area contributed by atoms with E-state index in [4.69, 9.17) is 4.74 Å². The van der Waals surface area contributed by atoms with Crippen LogP contribution in [0.1, 0.15) is 43.9 Å². The molecule has 0 bridgehead atoms. The molecular weight excluding hydrogens is 536 g/mol. The number of carboxylic acid groups (broad SMARTS) is 2. The first-order valence-electron chi connectivity index (χ1n) is 12.3. The number of likely N-dealkylation sites (tertiary alicyclic amines) is 1. The monoisotopic (exact) mass is 567 g/mol. The Bertz CT molecular complexity index is 1330. The molecule has 1 aliphatic rings. The number of sulfonamides is 1. The van der Waals surface area contributed by atoms with Crippen molar-refractivity contribution in [2.45, 2.75) is 57.0 Å². The summed E-state index contributed by atoms with van der Waals surface area (Å²) in [5.41, 5.74) is -1.02. The minimum atomic E-state index is -4.73. The molecule has 1 unspecified atom stereocenters. The number of aryl methyl sites for hydroxylation is 1. The summed E-state index contributed by atoms with van der Waals surface area (Å²) >= 11 is 0. The van der Waals surface area contributed by atoms with Crippen molar-refractivity contribution in [3.05, 3.63) is 59.4 Å². The van der Waals surface area contributed by atoms with E-state index in [-0.39, 0.29) is 35.0 Å². The van der Waals surface area contributed by atoms with Gasteiger partial charge in [0, 0.05) is 25.1 Å². The first-order valence-corrected chi connectivity index (χ1v) is 13.8. The summed E-state index contributed by atoms with van der Waals surface area (Å²) < 4.78 is 59.9. The molecule has 2 heterocycles. The first kappa shape index (κ1) is 30.0. The lowest BCUT2D eigenvalue weighted by molar-refractivity contribution is -0.135. The van der Waals surface area contributed by atoms with Crippen LogP contribution >= 0.6 is 0 Å². The molecule has 39 heavy (non-hydrogen) atoms. The molecule has 13 heteroatoms. The quantitative estimate of drug-likeness (QED) is 0.366. The van der Waals surface area contributed by atoms with Gasteiger partial charge < -0.3 is 14.9 Å². The number of ether oxygens (including phenoxy) is 1. The Balaban J connectivity index is 2.03. The largest absolute Gasteiger partial charge is 0.478 e. The first-order chi connectivity index (χ1) is 18.3. The van der Waals surface area contributed by atoms with Crippen LogP contribution in [0.4, 0.5) is 14.5 Å². The number of hydrogen-bond acceptors (Lipinski definition) is 7. The Kier molecular flexibility index (Phi) is 9.62. The average Bonchev–Trinajstić information content (AvgIpc) is 3.31. The normalized spacial score (nSPS) is 17.3. The zero-order valence-corrected chi connectivity index (χ0v) is 22.6.